The van der Waals surface area contributed by atoms with Crippen molar-refractivity contribution < 1.29 is 22.5 Å². The Kier molecular flexibility index (Phi) is 10.1. The first kappa shape index (κ1) is 32.9. The third-order valence-corrected chi connectivity index (χ3v) is 9.57. The van der Waals surface area contributed by atoms with Gasteiger partial charge in [-0.1, -0.05) is 121 Å². The Bertz CT molecular complexity index is 1950. The van der Waals surface area contributed by atoms with Gasteiger partial charge < -0.3 is 9.64 Å². The van der Waals surface area contributed by atoms with E-state index in [1.54, 1.807) is 4.90 Å². The van der Waals surface area contributed by atoms with Crippen molar-refractivity contribution in [3.8, 4) is 5.75 Å². The standard InChI is InChI=1S/C38H37N3O6S/c42-37-34(47-26-29-16-7-2-8-17-29)25-40(24-28-14-5-1-6-15-28)39-36(37)38(43)41-23-13-22-33(41)32(27-48(44,45)46)35(30-18-9-3-10-19-30)31-20-11-4-12-21-31/h1-12,14-21,25,32-33,35H,13,22-24,26-27H2,(H,44,45,46)/t32?,33-/m1/s1. The van der Waals surface area contributed by atoms with Gasteiger partial charge in [0.25, 0.3) is 21.5 Å². The zero-order chi connectivity index (χ0) is 33.5. The Balaban J connectivity index is 1.40. The largest absolute Gasteiger partial charge is 0.483 e. The molecule has 1 aromatic heterocycles. The van der Waals surface area contributed by atoms with Crippen LogP contribution in [0.5, 0.6) is 5.75 Å². The Morgan fingerprint density at radius 1 is 0.833 bits per heavy atom. The molecule has 0 spiro atoms. The van der Waals surface area contributed by atoms with Crippen LogP contribution >= 0.6 is 0 Å². The maximum atomic E-state index is 14.5. The highest BCUT2D eigenvalue weighted by Gasteiger charge is 2.43. The first-order valence-electron chi connectivity index (χ1n) is 16.0. The van der Waals surface area contributed by atoms with Crippen molar-refractivity contribution in [3.05, 3.63) is 166 Å². The van der Waals surface area contributed by atoms with Gasteiger partial charge in [-0.15, -0.1) is 0 Å². The van der Waals surface area contributed by atoms with Crippen molar-refractivity contribution in [1.82, 2.24) is 14.7 Å². The van der Waals surface area contributed by atoms with E-state index in [1.807, 2.05) is 121 Å². The van der Waals surface area contributed by atoms with Crippen LogP contribution in [0.4, 0.5) is 0 Å². The fraction of sp³-hybridized carbons (Fsp3) is 0.237. The van der Waals surface area contributed by atoms with E-state index in [0.717, 1.165) is 22.3 Å². The molecule has 0 bridgehead atoms. The smallest absolute Gasteiger partial charge is 0.278 e. The second-order valence-electron chi connectivity index (χ2n) is 12.0. The summed E-state index contributed by atoms with van der Waals surface area (Å²) in [4.78, 5) is 29.9. The van der Waals surface area contributed by atoms with Crippen LogP contribution in [0.3, 0.4) is 0 Å². The molecule has 246 valence electrons. The van der Waals surface area contributed by atoms with Gasteiger partial charge in [-0.3, -0.25) is 18.8 Å². The molecule has 0 radical (unpaired) electrons. The first-order valence-corrected chi connectivity index (χ1v) is 17.6. The molecule has 9 nitrogen and oxygen atoms in total. The summed E-state index contributed by atoms with van der Waals surface area (Å²) in [5.41, 5.74) is 2.55. The van der Waals surface area contributed by atoms with Crippen molar-refractivity contribution in [2.75, 3.05) is 12.3 Å². The lowest BCUT2D eigenvalue weighted by Crippen LogP contribution is -2.46. The molecule has 48 heavy (non-hydrogen) atoms. The second kappa shape index (κ2) is 14.8. The van der Waals surface area contributed by atoms with Crippen molar-refractivity contribution in [3.63, 3.8) is 0 Å². The van der Waals surface area contributed by atoms with Gasteiger partial charge in [0.15, 0.2) is 11.4 Å². The van der Waals surface area contributed by atoms with Crippen LogP contribution in [0.2, 0.25) is 0 Å². The number of ether oxygens (including phenoxy) is 1. The van der Waals surface area contributed by atoms with Crippen LogP contribution < -0.4 is 10.2 Å². The fourth-order valence-electron chi connectivity index (χ4n) is 6.65. The summed E-state index contributed by atoms with van der Waals surface area (Å²) in [6.07, 6.45) is 2.60. The molecule has 1 unspecified atom stereocenters. The molecule has 1 N–H and O–H groups in total. The topological polar surface area (TPSA) is 119 Å². The molecule has 1 aliphatic heterocycles. The number of benzene rings is 4. The van der Waals surface area contributed by atoms with Crippen LogP contribution in [0, 0.1) is 5.92 Å². The van der Waals surface area contributed by atoms with Crippen molar-refractivity contribution in [2.24, 2.45) is 5.92 Å². The van der Waals surface area contributed by atoms with Crippen molar-refractivity contribution in [2.45, 2.75) is 38.0 Å². The fourth-order valence-corrected chi connectivity index (χ4v) is 7.55. The van der Waals surface area contributed by atoms with E-state index >= 15 is 0 Å². The summed E-state index contributed by atoms with van der Waals surface area (Å²) in [6.45, 7) is 0.719. The zero-order valence-corrected chi connectivity index (χ0v) is 27.2. The van der Waals surface area contributed by atoms with E-state index in [0.29, 0.717) is 25.9 Å². The SMILES string of the molecule is O=C(c1nn(Cc2ccccc2)cc(OCc2ccccc2)c1=O)N1CCC[C@@H]1C(CS(=O)(=O)O)C(c1ccccc1)c1ccccc1. The Morgan fingerprint density at radius 2 is 1.38 bits per heavy atom. The minimum Gasteiger partial charge on any atom is -0.483 e. The number of nitrogens with zero attached hydrogens (tertiary/aromatic N) is 3. The van der Waals surface area contributed by atoms with E-state index < -0.39 is 45.1 Å². The van der Waals surface area contributed by atoms with E-state index in [1.165, 1.54) is 10.9 Å². The molecule has 10 heteroatoms. The molecular formula is C38H37N3O6S. The van der Waals surface area contributed by atoms with Gasteiger partial charge in [-0.2, -0.15) is 13.5 Å². The van der Waals surface area contributed by atoms with Gasteiger partial charge in [0.1, 0.15) is 6.61 Å². The minimum absolute atomic E-state index is 0.00943. The monoisotopic (exact) mass is 663 g/mol. The number of rotatable bonds is 12. The second-order valence-corrected chi connectivity index (χ2v) is 13.5. The predicted octanol–water partition coefficient (Wildman–Crippen LogP) is 5.81. The average Bonchev–Trinajstić information content (AvgIpc) is 3.59. The van der Waals surface area contributed by atoms with E-state index in [-0.39, 0.29) is 18.1 Å². The molecule has 1 saturated heterocycles. The molecule has 0 saturated carbocycles. The predicted molar refractivity (Wildman–Crippen MR) is 184 cm³/mol. The Morgan fingerprint density at radius 3 is 1.94 bits per heavy atom. The third kappa shape index (κ3) is 7.90. The summed E-state index contributed by atoms with van der Waals surface area (Å²) in [5.74, 6) is -2.36. The summed E-state index contributed by atoms with van der Waals surface area (Å²) < 4.78 is 42.9. The molecule has 6 rings (SSSR count). The van der Waals surface area contributed by atoms with Crippen molar-refractivity contribution in [1.29, 1.82) is 0 Å². The van der Waals surface area contributed by atoms with Crippen LogP contribution in [0.15, 0.2) is 132 Å². The van der Waals surface area contributed by atoms with Gasteiger partial charge >= 0.3 is 0 Å². The quantitative estimate of drug-likeness (QED) is 0.167. The molecule has 1 aliphatic rings. The Labute approximate surface area is 280 Å². The highest BCUT2D eigenvalue weighted by Crippen LogP contribution is 2.40. The summed E-state index contributed by atoms with van der Waals surface area (Å²) in [5, 5.41) is 4.52. The number of amides is 1. The molecule has 2 heterocycles. The van der Waals surface area contributed by atoms with E-state index in [2.05, 4.69) is 5.10 Å². The van der Waals surface area contributed by atoms with Crippen LogP contribution in [0.1, 0.15) is 51.5 Å². The van der Waals surface area contributed by atoms with Crippen molar-refractivity contribution >= 4 is 16.0 Å². The van der Waals surface area contributed by atoms with Gasteiger partial charge in [0.2, 0.25) is 0 Å². The van der Waals surface area contributed by atoms with E-state index in [4.69, 9.17) is 4.74 Å². The molecule has 2 atom stereocenters. The average molecular weight is 664 g/mol. The highest BCUT2D eigenvalue weighted by atomic mass is 32.2. The molecule has 1 amide bonds. The molecule has 0 aliphatic carbocycles. The third-order valence-electron chi connectivity index (χ3n) is 8.76. The first-order chi connectivity index (χ1) is 23.3. The van der Waals surface area contributed by atoms with Gasteiger partial charge in [0.05, 0.1) is 18.5 Å². The molecular weight excluding hydrogens is 626 g/mol. The number of carbonyl (C=O) groups excluding carboxylic acids is 1. The number of likely N-dealkylation sites (tertiary alicyclic amines) is 1. The zero-order valence-electron chi connectivity index (χ0n) is 26.3. The van der Waals surface area contributed by atoms with Crippen LogP contribution in [0.25, 0.3) is 0 Å². The summed E-state index contributed by atoms with van der Waals surface area (Å²) in [7, 11) is -4.46. The lowest BCUT2D eigenvalue weighted by Gasteiger charge is -2.36. The van der Waals surface area contributed by atoms with Gasteiger partial charge in [-0.25, -0.2) is 0 Å². The molecule has 1 fully saturated rings. The maximum absolute atomic E-state index is 14.5. The number of carbonyl (C=O) groups is 1. The van der Waals surface area contributed by atoms with Gasteiger partial charge in [0, 0.05) is 24.4 Å². The minimum atomic E-state index is -4.46. The maximum Gasteiger partial charge on any atom is 0.278 e. The number of aromatic nitrogens is 2. The number of hydrogen-bond acceptors (Lipinski definition) is 6. The van der Waals surface area contributed by atoms with E-state index in [9.17, 15) is 22.6 Å². The lowest BCUT2D eigenvalue weighted by atomic mass is 9.77. The van der Waals surface area contributed by atoms with Crippen LogP contribution in [-0.4, -0.2) is 51.9 Å². The van der Waals surface area contributed by atoms with Gasteiger partial charge in [-0.05, 0) is 35.1 Å². The summed E-state index contributed by atoms with van der Waals surface area (Å²) >= 11 is 0. The highest BCUT2D eigenvalue weighted by molar-refractivity contribution is 7.85. The summed E-state index contributed by atoms with van der Waals surface area (Å²) in [6, 6.07) is 37.4. The lowest BCUT2D eigenvalue weighted by molar-refractivity contribution is 0.0675. The number of hydrogen-bond donors (Lipinski definition) is 1. The molecule has 4 aromatic carbocycles. The normalized spacial score (nSPS) is 15.4. The Hall–Kier alpha value is -5.06. The van der Waals surface area contributed by atoms with Crippen LogP contribution in [-0.2, 0) is 23.3 Å². The molecule has 5 aromatic rings.